The number of aromatic nitrogens is 4. The first-order chi connectivity index (χ1) is 19.7. The molecule has 0 aliphatic carbocycles. The first-order valence-electron chi connectivity index (χ1n) is 14.2. The van der Waals surface area contributed by atoms with E-state index in [9.17, 15) is 4.79 Å². The van der Waals surface area contributed by atoms with E-state index in [1.165, 1.54) is 24.9 Å². The molecule has 4 aromatic rings. The maximum atomic E-state index is 13.3. The molecule has 0 spiro atoms. The summed E-state index contributed by atoms with van der Waals surface area (Å²) in [5, 5.41) is 18.0. The van der Waals surface area contributed by atoms with Gasteiger partial charge in [0.2, 0.25) is 0 Å². The van der Waals surface area contributed by atoms with Gasteiger partial charge in [-0.3, -0.25) is 14.9 Å². The van der Waals surface area contributed by atoms with Gasteiger partial charge in [0, 0.05) is 54.5 Å². The van der Waals surface area contributed by atoms with Crippen LogP contribution in [0.3, 0.4) is 0 Å². The number of para-hydroxylation sites is 1. The second-order valence-corrected chi connectivity index (χ2v) is 10.6. The van der Waals surface area contributed by atoms with Gasteiger partial charge in [0.15, 0.2) is 11.6 Å². The fourth-order valence-electron chi connectivity index (χ4n) is 5.78. The molecule has 1 amide bonds. The molecule has 2 aliphatic heterocycles. The molecule has 40 heavy (non-hydrogen) atoms. The van der Waals surface area contributed by atoms with Crippen molar-refractivity contribution in [3.8, 4) is 11.4 Å². The maximum absolute atomic E-state index is 13.3. The Kier molecular flexibility index (Phi) is 7.72. The van der Waals surface area contributed by atoms with Gasteiger partial charge in [0.05, 0.1) is 5.54 Å². The van der Waals surface area contributed by atoms with Crippen LogP contribution < -0.4 is 20.9 Å². The summed E-state index contributed by atoms with van der Waals surface area (Å²) in [5.74, 6) is 1.36. The molecule has 0 unspecified atom stereocenters. The van der Waals surface area contributed by atoms with Crippen molar-refractivity contribution >= 4 is 17.3 Å². The van der Waals surface area contributed by atoms with Crippen molar-refractivity contribution in [1.82, 2.24) is 30.8 Å². The Labute approximate surface area is 234 Å². The summed E-state index contributed by atoms with van der Waals surface area (Å²) in [6, 6.07) is 19.9. The number of aromatic amines is 1. The van der Waals surface area contributed by atoms with Crippen LogP contribution in [0.2, 0.25) is 0 Å². The fraction of sp³-hybridized carbons (Fsp3) is 0.355. The number of hydrogen-bond donors (Lipinski definition) is 4. The Morgan fingerprint density at radius 2 is 1.75 bits per heavy atom. The topological polar surface area (TPSA) is 111 Å². The summed E-state index contributed by atoms with van der Waals surface area (Å²) < 4.78 is 0. The molecule has 206 valence electrons. The monoisotopic (exact) mass is 536 g/mol. The third-order valence-corrected chi connectivity index (χ3v) is 7.97. The van der Waals surface area contributed by atoms with Gasteiger partial charge in [-0.15, -0.1) is 0 Å². The normalized spacial score (nSPS) is 16.9. The van der Waals surface area contributed by atoms with Gasteiger partial charge in [-0.1, -0.05) is 24.3 Å². The highest BCUT2D eigenvalue weighted by Gasteiger charge is 2.37. The number of H-pyrrole nitrogens is 1. The highest BCUT2D eigenvalue weighted by atomic mass is 16.1. The number of amides is 1. The number of anilines is 2. The first kappa shape index (κ1) is 26.0. The maximum Gasteiger partial charge on any atom is 0.251 e. The quantitative estimate of drug-likeness (QED) is 0.263. The molecule has 4 N–H and O–H groups in total. The summed E-state index contributed by atoms with van der Waals surface area (Å²) in [5.41, 5.74) is 4.37. The van der Waals surface area contributed by atoms with Gasteiger partial charge < -0.3 is 20.9 Å². The van der Waals surface area contributed by atoms with Crippen molar-refractivity contribution in [3.63, 3.8) is 0 Å². The molecule has 0 bridgehead atoms. The number of hydrogen-bond acceptors (Lipinski definition) is 7. The lowest BCUT2D eigenvalue weighted by molar-refractivity contribution is 0.0951. The van der Waals surface area contributed by atoms with Crippen LogP contribution in [0.25, 0.3) is 11.4 Å². The largest absolute Gasteiger partial charge is 0.373 e. The van der Waals surface area contributed by atoms with Crippen LogP contribution in [0, 0.1) is 0 Å². The average Bonchev–Trinajstić information content (AvgIpc) is 3.53. The summed E-state index contributed by atoms with van der Waals surface area (Å²) >= 11 is 0. The average molecular weight is 537 g/mol. The van der Waals surface area contributed by atoms with Crippen LogP contribution in [-0.2, 0) is 12.1 Å². The first-order valence-corrected chi connectivity index (χ1v) is 14.2. The SMILES string of the molecule is O=C(NCc1ccccc1N1CCCCC1)c1cccc(NC2(c3nc(-c4ccncc4)n[nH]3)CCNCC2)c1. The number of benzene rings is 2. The van der Waals surface area contributed by atoms with Crippen molar-refractivity contribution in [2.24, 2.45) is 0 Å². The zero-order chi connectivity index (χ0) is 27.2. The van der Waals surface area contributed by atoms with Crippen LogP contribution >= 0.6 is 0 Å². The van der Waals surface area contributed by atoms with E-state index < -0.39 is 5.54 Å². The molecule has 2 aromatic heterocycles. The van der Waals surface area contributed by atoms with Gasteiger partial charge in [0.25, 0.3) is 5.91 Å². The van der Waals surface area contributed by atoms with E-state index in [0.717, 1.165) is 61.7 Å². The van der Waals surface area contributed by atoms with Crippen LogP contribution in [0.1, 0.15) is 53.8 Å². The summed E-state index contributed by atoms with van der Waals surface area (Å²) in [7, 11) is 0. The molecule has 0 atom stereocenters. The van der Waals surface area contributed by atoms with Crippen LogP contribution in [0.4, 0.5) is 11.4 Å². The summed E-state index contributed by atoms with van der Waals surface area (Å²) in [6.45, 7) is 4.36. The second-order valence-electron chi connectivity index (χ2n) is 10.6. The molecule has 6 rings (SSSR count). The van der Waals surface area contributed by atoms with E-state index in [0.29, 0.717) is 17.9 Å². The summed E-state index contributed by atoms with van der Waals surface area (Å²) in [6.07, 6.45) is 8.89. The molecule has 2 fully saturated rings. The molecule has 9 nitrogen and oxygen atoms in total. The third kappa shape index (κ3) is 5.70. The number of piperidine rings is 2. The minimum absolute atomic E-state index is 0.0869. The number of carbonyl (C=O) groups is 1. The van der Waals surface area contributed by atoms with Gasteiger partial charge in [0.1, 0.15) is 0 Å². The molecule has 4 heterocycles. The minimum atomic E-state index is -0.425. The van der Waals surface area contributed by atoms with Crippen molar-refractivity contribution in [2.75, 3.05) is 36.4 Å². The van der Waals surface area contributed by atoms with Gasteiger partial charge in [-0.25, -0.2) is 4.98 Å². The Balaban J connectivity index is 1.18. The van der Waals surface area contributed by atoms with E-state index in [-0.39, 0.29) is 5.91 Å². The molecule has 0 radical (unpaired) electrons. The highest BCUT2D eigenvalue weighted by molar-refractivity contribution is 5.95. The molecule has 2 aliphatic rings. The zero-order valence-electron chi connectivity index (χ0n) is 22.7. The Bertz CT molecular complexity index is 1420. The smallest absolute Gasteiger partial charge is 0.251 e. The van der Waals surface area contributed by atoms with Crippen LogP contribution in [0.5, 0.6) is 0 Å². The predicted molar refractivity (Wildman–Crippen MR) is 157 cm³/mol. The Morgan fingerprint density at radius 1 is 0.950 bits per heavy atom. The van der Waals surface area contributed by atoms with E-state index in [1.807, 2.05) is 42.5 Å². The number of pyridine rings is 1. The van der Waals surface area contributed by atoms with E-state index in [1.54, 1.807) is 12.4 Å². The van der Waals surface area contributed by atoms with Crippen molar-refractivity contribution in [3.05, 3.63) is 90.0 Å². The summed E-state index contributed by atoms with van der Waals surface area (Å²) in [4.78, 5) is 24.7. The third-order valence-electron chi connectivity index (χ3n) is 7.97. The molecular weight excluding hydrogens is 500 g/mol. The van der Waals surface area contributed by atoms with Crippen molar-refractivity contribution in [2.45, 2.75) is 44.2 Å². The van der Waals surface area contributed by atoms with Gasteiger partial charge in [-0.2, -0.15) is 5.10 Å². The Hall–Kier alpha value is -4.24. The van der Waals surface area contributed by atoms with Crippen molar-refractivity contribution in [1.29, 1.82) is 0 Å². The molecule has 0 saturated carbocycles. The second kappa shape index (κ2) is 11.9. The minimum Gasteiger partial charge on any atom is -0.373 e. The van der Waals surface area contributed by atoms with Gasteiger partial charge in [-0.05, 0) is 87.2 Å². The lowest BCUT2D eigenvalue weighted by Gasteiger charge is -2.37. The number of rotatable bonds is 8. The van der Waals surface area contributed by atoms with Crippen LogP contribution in [0.15, 0.2) is 73.1 Å². The number of nitrogens with zero attached hydrogens (tertiary/aromatic N) is 4. The lowest BCUT2D eigenvalue weighted by atomic mass is 9.87. The van der Waals surface area contributed by atoms with Gasteiger partial charge >= 0.3 is 0 Å². The number of nitrogens with one attached hydrogen (secondary N) is 4. The zero-order valence-corrected chi connectivity index (χ0v) is 22.7. The van der Waals surface area contributed by atoms with E-state index in [2.05, 4.69) is 54.2 Å². The van der Waals surface area contributed by atoms with E-state index in [4.69, 9.17) is 4.98 Å². The van der Waals surface area contributed by atoms with Crippen LogP contribution in [-0.4, -0.2) is 52.3 Å². The fourth-order valence-corrected chi connectivity index (χ4v) is 5.78. The number of carbonyl (C=O) groups excluding carboxylic acids is 1. The predicted octanol–water partition coefficient (Wildman–Crippen LogP) is 4.48. The highest BCUT2D eigenvalue weighted by Crippen LogP contribution is 2.34. The molecular formula is C31H36N8O. The Morgan fingerprint density at radius 3 is 2.58 bits per heavy atom. The van der Waals surface area contributed by atoms with E-state index >= 15 is 0 Å². The van der Waals surface area contributed by atoms with Crippen molar-refractivity contribution < 1.29 is 4.79 Å². The molecule has 9 heteroatoms. The molecule has 2 aromatic carbocycles. The lowest BCUT2D eigenvalue weighted by Crippen LogP contribution is -2.46. The standard InChI is InChI=1S/C31H36N8O/c40-29(34-22-25-7-2-3-10-27(25)39-19-4-1-5-20-39)24-8-6-9-26(21-24)36-31(13-17-33-18-14-31)30-35-28(37-38-30)23-11-15-32-16-12-23/h2-3,6-12,15-16,21,33,36H,1,4-5,13-14,17-20,22H2,(H,34,40)(H,35,37,38). The molecule has 2 saturated heterocycles.